The fourth-order valence-corrected chi connectivity index (χ4v) is 9.68. The zero-order chi connectivity index (χ0) is 39.6. The molecule has 10 nitrogen and oxygen atoms in total. The first-order valence-corrected chi connectivity index (χ1v) is 21.2. The fraction of sp³-hybridized carbons (Fsp3) is 0.568. The van der Waals surface area contributed by atoms with Crippen molar-refractivity contribution in [1.29, 1.82) is 0 Å². The van der Waals surface area contributed by atoms with Gasteiger partial charge in [0.05, 0.1) is 25.2 Å². The molecule has 11 heteroatoms. The molecule has 55 heavy (non-hydrogen) atoms. The molecule has 0 unspecified atom stereocenters. The summed E-state index contributed by atoms with van der Waals surface area (Å²) in [7, 11) is 0.201. The second-order valence-electron chi connectivity index (χ2n) is 16.2. The lowest BCUT2D eigenvalue weighted by Crippen LogP contribution is -2.64. The molecule has 7 rings (SSSR count). The monoisotopic (exact) mass is 769 g/mol. The molecule has 4 heterocycles. The lowest BCUT2D eigenvalue weighted by molar-refractivity contribution is -0.145. The normalized spacial score (nSPS) is 26.8. The molecular formula is C44H61N7O3S. The average Bonchev–Trinajstić information content (AvgIpc) is 4.01. The van der Waals surface area contributed by atoms with Gasteiger partial charge >= 0.3 is 0 Å². The Kier molecular flexibility index (Phi) is 12.4. The summed E-state index contributed by atoms with van der Waals surface area (Å²) < 4.78 is 22.0. The Morgan fingerprint density at radius 3 is 2.53 bits per heavy atom. The number of carbonyl (C=O) groups excluding carboxylic acids is 2. The van der Waals surface area contributed by atoms with Crippen molar-refractivity contribution >= 4 is 29.2 Å². The summed E-state index contributed by atoms with van der Waals surface area (Å²) >= 11 is 1.60. The van der Waals surface area contributed by atoms with E-state index in [9.17, 15) is 9.59 Å². The third kappa shape index (κ3) is 10.2. The number of nitrogens with one attached hydrogen (secondary N) is 2. The van der Waals surface area contributed by atoms with Gasteiger partial charge in [-0.05, 0) is 107 Å². The minimum Gasteiger partial charge on any atom is -0.455 e. The van der Waals surface area contributed by atoms with Gasteiger partial charge in [-0.15, -0.1) is 11.3 Å². The summed E-state index contributed by atoms with van der Waals surface area (Å²) in [5.41, 5.74) is 2.78. The van der Waals surface area contributed by atoms with Crippen LogP contribution in [0.15, 0.2) is 83.2 Å². The van der Waals surface area contributed by atoms with Crippen LogP contribution < -0.4 is 10.6 Å². The number of likely N-dealkylation sites (tertiary alicyclic amines) is 1. The summed E-state index contributed by atoms with van der Waals surface area (Å²) in [6, 6.07) is 24.4. The van der Waals surface area contributed by atoms with E-state index in [0.29, 0.717) is 50.6 Å². The Hall–Kier alpha value is -3.77. The highest BCUT2D eigenvalue weighted by Gasteiger charge is 2.44. The van der Waals surface area contributed by atoms with E-state index >= 15 is 0 Å². The van der Waals surface area contributed by atoms with E-state index in [1.807, 2.05) is 45.5 Å². The third-order valence-electron chi connectivity index (χ3n) is 12.1. The molecule has 1 aliphatic carbocycles. The molecule has 3 aliphatic heterocycles. The molecule has 296 valence electrons. The Bertz CT molecular complexity index is 1740. The number of benzene rings is 2. The Labute approximate surface area is 335 Å². The SMILES string of the molecule is [2H]CN(C[2H])CCCC[C@H](NC1CCC2(CC1)CCN(Cc1ccccc1)C2)C(=O)N1CCN(C2=N[C@H](C)[C@@H](c3ccccc3)O2)C[C@H]1C(=O)NCc1cccs1. The average molecular weight is 770 g/mol. The zero-order valence-corrected chi connectivity index (χ0v) is 33.3. The van der Waals surface area contributed by atoms with Crippen molar-refractivity contribution in [3.63, 3.8) is 0 Å². The second kappa shape index (κ2) is 18.4. The van der Waals surface area contributed by atoms with Crippen molar-refractivity contribution < 1.29 is 17.1 Å². The van der Waals surface area contributed by atoms with Gasteiger partial charge in [0.1, 0.15) is 12.1 Å². The first kappa shape index (κ1) is 36.8. The Morgan fingerprint density at radius 2 is 1.78 bits per heavy atom. The van der Waals surface area contributed by atoms with Crippen LogP contribution in [0, 0.1) is 5.41 Å². The minimum absolute atomic E-state index is 0.0243. The summed E-state index contributed by atoms with van der Waals surface area (Å²) in [5.74, 6) is -0.197. The van der Waals surface area contributed by atoms with Crippen LogP contribution in [0.4, 0.5) is 0 Å². The number of carbonyl (C=O) groups is 2. The number of thiophene rings is 1. The first-order chi connectivity index (χ1) is 27.8. The second-order valence-corrected chi connectivity index (χ2v) is 17.3. The standard InChI is InChI=1S/C44H61N7O3S/c1-33-40(35-15-8-5-9-16-35)54-43(46-33)50-26-27-51(39(31-50)41(52)45-29-37-17-12-28-55-37)42(53)38(18-10-11-24-48(2)3)47-36-19-21-44(22-20-36)23-25-49(32-44)30-34-13-6-4-7-14-34/h4-9,12-17,28,33,36,38-40,47H,10-11,18-27,29-32H2,1-3H3,(H,45,52)/t33-,36?,38+,39+,40+,44?/m1/s1/i2D,3D. The number of amides is 2. The van der Waals surface area contributed by atoms with Crippen molar-refractivity contribution in [2.75, 3.05) is 53.3 Å². The van der Waals surface area contributed by atoms with Crippen molar-refractivity contribution in [3.05, 3.63) is 94.2 Å². The van der Waals surface area contributed by atoms with Crippen LogP contribution in [0.25, 0.3) is 0 Å². The number of rotatable bonds is 14. The highest BCUT2D eigenvalue weighted by Crippen LogP contribution is 2.44. The molecule has 3 aromatic rings. The van der Waals surface area contributed by atoms with Gasteiger partial charge in [0, 0.05) is 39.8 Å². The van der Waals surface area contributed by atoms with Crippen LogP contribution in [0.1, 0.15) is 83.1 Å². The highest BCUT2D eigenvalue weighted by molar-refractivity contribution is 7.09. The maximum atomic E-state index is 14.9. The van der Waals surface area contributed by atoms with E-state index in [1.54, 1.807) is 16.2 Å². The van der Waals surface area contributed by atoms with Crippen LogP contribution in [0.3, 0.4) is 0 Å². The number of hydrogen-bond acceptors (Lipinski definition) is 9. The van der Waals surface area contributed by atoms with E-state index in [0.717, 1.165) is 68.6 Å². The van der Waals surface area contributed by atoms with Crippen molar-refractivity contribution in [2.24, 2.45) is 10.4 Å². The number of nitrogens with zero attached hydrogens (tertiary/aromatic N) is 5. The van der Waals surface area contributed by atoms with Gasteiger partial charge in [-0.3, -0.25) is 14.5 Å². The molecule has 1 spiro atoms. The van der Waals surface area contributed by atoms with Gasteiger partial charge in [0.25, 0.3) is 6.02 Å². The molecule has 2 amide bonds. The summed E-state index contributed by atoms with van der Waals surface area (Å²) in [6.45, 7) is 7.60. The van der Waals surface area contributed by atoms with Gasteiger partial charge in [0.15, 0.2) is 0 Å². The third-order valence-corrected chi connectivity index (χ3v) is 13.0. The van der Waals surface area contributed by atoms with Gasteiger partial charge in [-0.25, -0.2) is 4.99 Å². The highest BCUT2D eigenvalue weighted by atomic mass is 32.1. The molecular weight excluding hydrogens is 707 g/mol. The number of amidine groups is 1. The number of aliphatic imine (C=N–C) groups is 1. The summed E-state index contributed by atoms with van der Waals surface area (Å²) in [5, 5.41) is 9.00. The van der Waals surface area contributed by atoms with Gasteiger partial charge in [-0.2, -0.15) is 0 Å². The van der Waals surface area contributed by atoms with Crippen molar-refractivity contribution in [2.45, 2.75) is 102 Å². The summed E-state index contributed by atoms with van der Waals surface area (Å²) in [6.07, 6.45) is 7.64. The zero-order valence-electron chi connectivity index (χ0n) is 34.5. The number of unbranched alkanes of at least 4 members (excludes halogenated alkanes) is 1. The van der Waals surface area contributed by atoms with E-state index < -0.39 is 12.1 Å². The first-order valence-electron chi connectivity index (χ1n) is 21.7. The van der Waals surface area contributed by atoms with Crippen LogP contribution in [-0.2, 0) is 27.4 Å². The summed E-state index contributed by atoms with van der Waals surface area (Å²) in [4.78, 5) is 43.2. The van der Waals surface area contributed by atoms with Crippen molar-refractivity contribution in [1.82, 2.24) is 30.2 Å². The molecule has 4 aliphatic rings. The molecule has 4 atom stereocenters. The van der Waals surface area contributed by atoms with Gasteiger partial charge in [0.2, 0.25) is 11.8 Å². The topological polar surface area (TPSA) is 92.8 Å². The molecule has 3 fully saturated rings. The van der Waals surface area contributed by atoms with Crippen molar-refractivity contribution in [3.8, 4) is 0 Å². The minimum atomic E-state index is -0.710. The molecule has 0 bridgehead atoms. The van der Waals surface area contributed by atoms with Crippen LogP contribution in [-0.4, -0.2) is 115 Å². The lowest BCUT2D eigenvalue weighted by Gasteiger charge is -2.43. The molecule has 2 saturated heterocycles. The molecule has 0 radical (unpaired) electrons. The van der Waals surface area contributed by atoms with Gasteiger partial charge < -0.3 is 30.1 Å². The Balaban J connectivity index is 1.03. The van der Waals surface area contributed by atoms with Crippen LogP contribution in [0.5, 0.6) is 0 Å². The number of ether oxygens (including phenoxy) is 1. The quantitative estimate of drug-likeness (QED) is 0.197. The number of piperazine rings is 1. The molecule has 2 aromatic carbocycles. The molecule has 1 saturated carbocycles. The van der Waals surface area contributed by atoms with Gasteiger partial charge in [-0.1, -0.05) is 73.2 Å². The van der Waals surface area contributed by atoms with E-state index in [4.69, 9.17) is 12.5 Å². The van der Waals surface area contributed by atoms with E-state index in [-0.39, 0.29) is 44.0 Å². The smallest absolute Gasteiger partial charge is 0.288 e. The maximum absolute atomic E-state index is 14.9. The van der Waals surface area contributed by atoms with Crippen LogP contribution >= 0.6 is 11.3 Å². The van der Waals surface area contributed by atoms with E-state index in [1.165, 1.54) is 12.0 Å². The predicted octanol–water partition coefficient (Wildman–Crippen LogP) is 5.92. The van der Waals surface area contributed by atoms with Crippen LogP contribution in [0.2, 0.25) is 0 Å². The maximum Gasteiger partial charge on any atom is 0.288 e. The van der Waals surface area contributed by atoms with E-state index in [2.05, 4.69) is 64.9 Å². The Morgan fingerprint density at radius 1 is 1.00 bits per heavy atom. The predicted molar refractivity (Wildman–Crippen MR) is 221 cm³/mol. The molecule has 2 N–H and O–H groups in total. The molecule has 1 aromatic heterocycles. The fourth-order valence-electron chi connectivity index (χ4n) is 9.04. The largest absolute Gasteiger partial charge is 0.455 e. The number of hydrogen-bond donors (Lipinski definition) is 2. The lowest BCUT2D eigenvalue weighted by atomic mass is 9.72.